The fourth-order valence-electron chi connectivity index (χ4n) is 3.13. The molecule has 0 radical (unpaired) electrons. The van der Waals surface area contributed by atoms with Crippen molar-refractivity contribution in [1.29, 1.82) is 0 Å². The first-order valence-corrected chi connectivity index (χ1v) is 11.2. The van der Waals surface area contributed by atoms with Gasteiger partial charge in [-0.05, 0) is 42.2 Å². The summed E-state index contributed by atoms with van der Waals surface area (Å²) < 4.78 is 14.3. The molecule has 2 rings (SSSR count). The second-order valence-corrected chi connectivity index (χ2v) is 8.95. The van der Waals surface area contributed by atoms with Gasteiger partial charge in [0, 0.05) is 33.7 Å². The van der Waals surface area contributed by atoms with Crippen LogP contribution >= 0.6 is 34.8 Å². The van der Waals surface area contributed by atoms with Gasteiger partial charge in [0.05, 0.1) is 6.42 Å². The molecule has 2 aromatic carbocycles. The SMILES string of the molecule is CC[C@H](C(=O)NCC(C)C)N(Cc1ccc(Cl)cc1Cl)C(=O)Cc1c(F)cccc1Cl. The zero-order valence-corrected chi connectivity index (χ0v) is 20.0. The van der Waals surface area contributed by atoms with Crippen LogP contribution in [0.2, 0.25) is 15.1 Å². The Labute approximate surface area is 197 Å². The molecule has 2 aromatic rings. The highest BCUT2D eigenvalue weighted by Crippen LogP contribution is 2.25. The second-order valence-electron chi connectivity index (χ2n) is 7.70. The van der Waals surface area contributed by atoms with Crippen LogP contribution in [0.5, 0.6) is 0 Å². The quantitative estimate of drug-likeness (QED) is 0.478. The van der Waals surface area contributed by atoms with Gasteiger partial charge < -0.3 is 10.2 Å². The molecule has 0 saturated carbocycles. The van der Waals surface area contributed by atoms with Crippen LogP contribution in [0.25, 0.3) is 0 Å². The van der Waals surface area contributed by atoms with E-state index >= 15 is 0 Å². The minimum absolute atomic E-state index is 0.0779. The molecule has 0 aromatic heterocycles. The summed E-state index contributed by atoms with van der Waals surface area (Å²) in [7, 11) is 0. The van der Waals surface area contributed by atoms with Crippen LogP contribution in [-0.4, -0.2) is 29.3 Å². The highest BCUT2D eigenvalue weighted by atomic mass is 35.5. The van der Waals surface area contributed by atoms with Crippen LogP contribution in [0.1, 0.15) is 38.3 Å². The van der Waals surface area contributed by atoms with Crippen LogP contribution in [0.4, 0.5) is 4.39 Å². The Balaban J connectivity index is 2.37. The maximum absolute atomic E-state index is 14.3. The van der Waals surface area contributed by atoms with E-state index in [0.29, 0.717) is 28.6 Å². The minimum atomic E-state index is -0.747. The normalized spacial score (nSPS) is 12.0. The Morgan fingerprint density at radius 3 is 2.39 bits per heavy atom. The predicted octanol–water partition coefficient (Wildman–Crippen LogP) is 5.91. The maximum atomic E-state index is 14.3. The van der Waals surface area contributed by atoms with Crippen LogP contribution < -0.4 is 5.32 Å². The van der Waals surface area contributed by atoms with Gasteiger partial charge in [-0.2, -0.15) is 0 Å². The van der Waals surface area contributed by atoms with Gasteiger partial charge in [-0.25, -0.2) is 4.39 Å². The third kappa shape index (κ3) is 7.09. The molecule has 2 amide bonds. The molecule has 0 aliphatic carbocycles. The summed E-state index contributed by atoms with van der Waals surface area (Å²) in [6.45, 7) is 6.35. The Morgan fingerprint density at radius 2 is 1.81 bits per heavy atom. The van der Waals surface area contributed by atoms with E-state index in [-0.39, 0.29) is 35.4 Å². The number of nitrogens with one attached hydrogen (secondary N) is 1. The van der Waals surface area contributed by atoms with E-state index in [2.05, 4.69) is 5.32 Å². The molecule has 0 heterocycles. The van der Waals surface area contributed by atoms with Crippen molar-refractivity contribution in [3.63, 3.8) is 0 Å². The van der Waals surface area contributed by atoms with Crippen LogP contribution in [0.3, 0.4) is 0 Å². The number of benzene rings is 2. The Kier molecular flexibility index (Phi) is 9.60. The largest absolute Gasteiger partial charge is 0.354 e. The standard InChI is InChI=1S/C23H26Cl3FN2O2/c1-4-21(23(31)28-12-14(2)3)29(13-15-8-9-16(24)10-19(15)26)22(30)11-17-18(25)6-5-7-20(17)27/h5-10,14,21H,4,11-13H2,1-3H3,(H,28,31)/t21-/m1/s1. The fourth-order valence-corrected chi connectivity index (χ4v) is 3.83. The molecule has 0 unspecified atom stereocenters. The monoisotopic (exact) mass is 486 g/mol. The number of rotatable bonds is 9. The van der Waals surface area contributed by atoms with Gasteiger partial charge in [0.25, 0.3) is 0 Å². The van der Waals surface area contributed by atoms with Gasteiger partial charge in [0.15, 0.2) is 0 Å². The topological polar surface area (TPSA) is 49.4 Å². The first kappa shape index (κ1) is 25.4. The molecular weight excluding hydrogens is 462 g/mol. The molecule has 31 heavy (non-hydrogen) atoms. The number of halogens is 4. The molecule has 0 bridgehead atoms. The van der Waals surface area contributed by atoms with Crippen molar-refractivity contribution in [2.75, 3.05) is 6.54 Å². The van der Waals surface area contributed by atoms with Crippen molar-refractivity contribution in [2.24, 2.45) is 5.92 Å². The van der Waals surface area contributed by atoms with Crippen molar-refractivity contribution in [3.8, 4) is 0 Å². The van der Waals surface area contributed by atoms with Crippen molar-refractivity contribution in [3.05, 3.63) is 68.4 Å². The first-order valence-electron chi connectivity index (χ1n) is 10.1. The van der Waals surface area contributed by atoms with Gasteiger partial charge in [-0.1, -0.05) is 67.7 Å². The Bertz CT molecular complexity index is 917. The number of hydrogen-bond acceptors (Lipinski definition) is 2. The van der Waals surface area contributed by atoms with Crippen LogP contribution in [-0.2, 0) is 22.6 Å². The number of hydrogen-bond donors (Lipinski definition) is 1. The van der Waals surface area contributed by atoms with Crippen molar-refractivity contribution in [2.45, 2.75) is 46.2 Å². The summed E-state index contributed by atoms with van der Waals surface area (Å²) in [5.41, 5.74) is 0.730. The minimum Gasteiger partial charge on any atom is -0.354 e. The molecule has 8 heteroatoms. The second kappa shape index (κ2) is 11.7. The van der Waals surface area contributed by atoms with E-state index in [1.807, 2.05) is 20.8 Å². The lowest BCUT2D eigenvalue weighted by Crippen LogP contribution is -2.50. The smallest absolute Gasteiger partial charge is 0.242 e. The first-order chi connectivity index (χ1) is 14.6. The number of carbonyl (C=O) groups is 2. The third-order valence-corrected chi connectivity index (χ3v) is 5.76. The lowest BCUT2D eigenvalue weighted by molar-refractivity contribution is -0.141. The molecule has 0 aliphatic rings. The summed E-state index contributed by atoms with van der Waals surface area (Å²) in [4.78, 5) is 27.6. The van der Waals surface area contributed by atoms with Crippen molar-refractivity contribution >= 4 is 46.6 Å². The van der Waals surface area contributed by atoms with Gasteiger partial charge in [-0.15, -0.1) is 0 Å². The van der Waals surface area contributed by atoms with Gasteiger partial charge in [0.1, 0.15) is 11.9 Å². The summed E-state index contributed by atoms with van der Waals surface area (Å²) in [5.74, 6) is -1.00. The highest BCUT2D eigenvalue weighted by molar-refractivity contribution is 6.35. The van der Waals surface area contributed by atoms with Gasteiger partial charge in [0.2, 0.25) is 11.8 Å². The van der Waals surface area contributed by atoms with E-state index in [9.17, 15) is 14.0 Å². The molecule has 0 saturated heterocycles. The van der Waals surface area contributed by atoms with Crippen molar-refractivity contribution < 1.29 is 14.0 Å². The molecule has 0 fully saturated rings. The predicted molar refractivity (Wildman–Crippen MR) is 124 cm³/mol. The third-order valence-electron chi connectivity index (χ3n) is 4.82. The maximum Gasteiger partial charge on any atom is 0.242 e. The van der Waals surface area contributed by atoms with Crippen LogP contribution in [0.15, 0.2) is 36.4 Å². The van der Waals surface area contributed by atoms with E-state index in [4.69, 9.17) is 34.8 Å². The van der Waals surface area contributed by atoms with Crippen LogP contribution in [0, 0.1) is 11.7 Å². The Morgan fingerprint density at radius 1 is 1.10 bits per heavy atom. The van der Waals surface area contributed by atoms with Gasteiger partial charge in [-0.3, -0.25) is 9.59 Å². The van der Waals surface area contributed by atoms with Gasteiger partial charge >= 0.3 is 0 Å². The summed E-state index contributed by atoms with van der Waals surface area (Å²) in [6.07, 6.45) is 0.108. The Hall–Kier alpha value is -1.82. The highest BCUT2D eigenvalue weighted by Gasteiger charge is 2.30. The summed E-state index contributed by atoms with van der Waals surface area (Å²) in [5, 5.41) is 3.89. The van der Waals surface area contributed by atoms with E-state index < -0.39 is 17.8 Å². The van der Waals surface area contributed by atoms with E-state index in [1.165, 1.54) is 23.1 Å². The number of carbonyl (C=O) groups excluding carboxylic acids is 2. The summed E-state index contributed by atoms with van der Waals surface area (Å²) in [6, 6.07) is 8.46. The lowest BCUT2D eigenvalue weighted by atomic mass is 10.1. The molecule has 1 N–H and O–H groups in total. The number of nitrogens with zero attached hydrogens (tertiary/aromatic N) is 1. The summed E-state index contributed by atoms with van der Waals surface area (Å²) >= 11 is 18.4. The molecule has 0 aliphatic heterocycles. The van der Waals surface area contributed by atoms with E-state index in [0.717, 1.165) is 0 Å². The zero-order chi connectivity index (χ0) is 23.1. The number of amides is 2. The molecule has 4 nitrogen and oxygen atoms in total. The molecule has 168 valence electrons. The fraction of sp³-hybridized carbons (Fsp3) is 0.391. The average Bonchev–Trinajstić information content (AvgIpc) is 2.70. The molecular formula is C23H26Cl3FN2O2. The average molecular weight is 488 g/mol. The lowest BCUT2D eigenvalue weighted by Gasteiger charge is -2.31. The van der Waals surface area contributed by atoms with Crippen molar-refractivity contribution in [1.82, 2.24) is 10.2 Å². The molecule has 0 spiro atoms. The zero-order valence-electron chi connectivity index (χ0n) is 17.7. The molecule has 1 atom stereocenters. The van der Waals surface area contributed by atoms with E-state index in [1.54, 1.807) is 18.2 Å².